The second-order valence-corrected chi connectivity index (χ2v) is 5.15. The van der Waals surface area contributed by atoms with Crippen molar-refractivity contribution in [3.05, 3.63) is 29.4 Å². The summed E-state index contributed by atoms with van der Waals surface area (Å²) in [5.41, 5.74) is 1.43. The van der Waals surface area contributed by atoms with E-state index in [2.05, 4.69) is 43.3 Å². The van der Waals surface area contributed by atoms with Gasteiger partial charge in [0, 0.05) is 11.6 Å². The van der Waals surface area contributed by atoms with E-state index in [4.69, 9.17) is 0 Å². The minimum absolute atomic E-state index is 0.185. The molecule has 1 nitrogen and oxygen atoms in total. The van der Waals surface area contributed by atoms with Crippen LogP contribution in [0, 0.1) is 0 Å². The SMILES string of the molecule is CCC(C)(C)c1nccc2ccsc12. The zero-order valence-corrected chi connectivity index (χ0v) is 9.69. The van der Waals surface area contributed by atoms with E-state index < -0.39 is 0 Å². The van der Waals surface area contributed by atoms with Crippen molar-refractivity contribution in [3.63, 3.8) is 0 Å². The van der Waals surface area contributed by atoms with Crippen molar-refractivity contribution in [1.82, 2.24) is 4.98 Å². The number of aromatic nitrogens is 1. The maximum atomic E-state index is 4.53. The fourth-order valence-electron chi connectivity index (χ4n) is 1.54. The van der Waals surface area contributed by atoms with Gasteiger partial charge >= 0.3 is 0 Å². The van der Waals surface area contributed by atoms with Crippen LogP contribution in [0.1, 0.15) is 32.9 Å². The van der Waals surface area contributed by atoms with Gasteiger partial charge in [-0.15, -0.1) is 11.3 Å². The highest BCUT2D eigenvalue weighted by atomic mass is 32.1. The van der Waals surface area contributed by atoms with Gasteiger partial charge in [0.05, 0.1) is 10.4 Å². The van der Waals surface area contributed by atoms with Crippen LogP contribution in [-0.2, 0) is 5.41 Å². The molecule has 0 saturated carbocycles. The van der Waals surface area contributed by atoms with Gasteiger partial charge in [0.2, 0.25) is 0 Å². The summed E-state index contributed by atoms with van der Waals surface area (Å²) in [5.74, 6) is 0. The Hall–Kier alpha value is -0.890. The quantitative estimate of drug-likeness (QED) is 0.722. The van der Waals surface area contributed by atoms with Crippen molar-refractivity contribution in [2.24, 2.45) is 0 Å². The highest BCUT2D eigenvalue weighted by molar-refractivity contribution is 7.17. The van der Waals surface area contributed by atoms with E-state index in [1.165, 1.54) is 15.8 Å². The molecular formula is C12H15NS. The molecule has 74 valence electrons. The first-order valence-electron chi connectivity index (χ1n) is 4.98. The summed E-state index contributed by atoms with van der Waals surface area (Å²) in [6.45, 7) is 6.73. The van der Waals surface area contributed by atoms with Gasteiger partial charge in [-0.3, -0.25) is 4.98 Å². The summed E-state index contributed by atoms with van der Waals surface area (Å²) in [4.78, 5) is 4.53. The number of hydrogen-bond acceptors (Lipinski definition) is 2. The summed E-state index contributed by atoms with van der Waals surface area (Å²) >= 11 is 1.79. The lowest BCUT2D eigenvalue weighted by molar-refractivity contribution is 0.496. The molecule has 0 aliphatic rings. The molecule has 2 aromatic heterocycles. The molecule has 0 saturated heterocycles. The number of hydrogen-bond donors (Lipinski definition) is 0. The molecule has 0 unspecified atom stereocenters. The van der Waals surface area contributed by atoms with E-state index in [0.29, 0.717) is 0 Å². The fraction of sp³-hybridized carbons (Fsp3) is 0.417. The van der Waals surface area contributed by atoms with Crippen molar-refractivity contribution in [3.8, 4) is 0 Å². The topological polar surface area (TPSA) is 12.9 Å². The zero-order chi connectivity index (χ0) is 10.2. The molecule has 0 aliphatic carbocycles. The van der Waals surface area contributed by atoms with Gasteiger partial charge in [-0.1, -0.05) is 20.8 Å². The van der Waals surface area contributed by atoms with Crippen LogP contribution in [0.25, 0.3) is 10.1 Å². The molecule has 0 spiro atoms. The van der Waals surface area contributed by atoms with Gasteiger partial charge in [-0.25, -0.2) is 0 Å². The molecule has 0 aromatic carbocycles. The van der Waals surface area contributed by atoms with Gasteiger partial charge in [-0.05, 0) is 29.3 Å². The van der Waals surface area contributed by atoms with Gasteiger partial charge in [0.1, 0.15) is 0 Å². The summed E-state index contributed by atoms with van der Waals surface area (Å²) in [6.07, 6.45) is 3.04. The average molecular weight is 205 g/mol. The highest BCUT2D eigenvalue weighted by Gasteiger charge is 2.22. The predicted octanol–water partition coefficient (Wildman–Crippen LogP) is 3.98. The lowest BCUT2D eigenvalue weighted by Crippen LogP contribution is -2.17. The monoisotopic (exact) mass is 205 g/mol. The maximum Gasteiger partial charge on any atom is 0.0637 e. The fourth-order valence-corrected chi connectivity index (χ4v) is 2.61. The Morgan fingerprint density at radius 3 is 2.86 bits per heavy atom. The Bertz CT molecular complexity index is 442. The van der Waals surface area contributed by atoms with Crippen LogP contribution in [0.5, 0.6) is 0 Å². The zero-order valence-electron chi connectivity index (χ0n) is 8.87. The normalized spacial score (nSPS) is 12.2. The summed E-state index contributed by atoms with van der Waals surface area (Å²) in [6, 6.07) is 4.25. The Labute approximate surface area is 88.8 Å². The maximum absolute atomic E-state index is 4.53. The molecule has 0 fully saturated rings. The molecule has 0 radical (unpaired) electrons. The lowest BCUT2D eigenvalue weighted by Gasteiger charge is -2.22. The van der Waals surface area contributed by atoms with E-state index in [-0.39, 0.29) is 5.41 Å². The van der Waals surface area contributed by atoms with Gasteiger partial charge in [0.15, 0.2) is 0 Å². The first-order chi connectivity index (χ1) is 6.65. The predicted molar refractivity (Wildman–Crippen MR) is 62.9 cm³/mol. The third-order valence-corrected chi connectivity index (χ3v) is 3.83. The number of rotatable bonds is 2. The Balaban J connectivity index is 2.67. The van der Waals surface area contributed by atoms with Crippen molar-refractivity contribution in [1.29, 1.82) is 0 Å². The second-order valence-electron chi connectivity index (χ2n) is 4.24. The van der Waals surface area contributed by atoms with E-state index in [0.717, 1.165) is 6.42 Å². The standard InChI is InChI=1S/C12H15NS/c1-4-12(2,3)11-10-9(5-7-13-11)6-8-14-10/h5-8H,4H2,1-3H3. The molecule has 0 N–H and O–H groups in total. The molecule has 0 amide bonds. The molecule has 2 heterocycles. The largest absolute Gasteiger partial charge is 0.259 e. The highest BCUT2D eigenvalue weighted by Crippen LogP contribution is 2.33. The van der Waals surface area contributed by atoms with E-state index >= 15 is 0 Å². The lowest BCUT2D eigenvalue weighted by atomic mass is 9.86. The Morgan fingerprint density at radius 1 is 1.36 bits per heavy atom. The first kappa shape index (κ1) is 9.66. The molecule has 2 aromatic rings. The smallest absolute Gasteiger partial charge is 0.0637 e. The van der Waals surface area contributed by atoms with Crippen molar-refractivity contribution in [2.75, 3.05) is 0 Å². The molecule has 0 atom stereocenters. The Kier molecular flexibility index (Phi) is 2.31. The van der Waals surface area contributed by atoms with Crippen LogP contribution >= 0.6 is 11.3 Å². The van der Waals surface area contributed by atoms with E-state index in [1.807, 2.05) is 6.20 Å². The number of thiophene rings is 1. The Morgan fingerprint density at radius 2 is 2.14 bits per heavy atom. The van der Waals surface area contributed by atoms with Crippen molar-refractivity contribution >= 4 is 21.4 Å². The molecule has 2 rings (SSSR count). The summed E-state index contributed by atoms with van der Waals surface area (Å²) in [5, 5.41) is 3.46. The summed E-state index contributed by atoms with van der Waals surface area (Å²) in [7, 11) is 0. The first-order valence-corrected chi connectivity index (χ1v) is 5.86. The third-order valence-electron chi connectivity index (χ3n) is 2.89. The summed E-state index contributed by atoms with van der Waals surface area (Å²) < 4.78 is 1.35. The van der Waals surface area contributed by atoms with Crippen LogP contribution in [0.15, 0.2) is 23.7 Å². The average Bonchev–Trinajstić information content (AvgIpc) is 2.64. The molecule has 2 heteroatoms. The molecule has 0 aliphatic heterocycles. The minimum Gasteiger partial charge on any atom is -0.259 e. The molecule has 14 heavy (non-hydrogen) atoms. The number of pyridine rings is 1. The molecule has 0 bridgehead atoms. The molecular weight excluding hydrogens is 190 g/mol. The van der Waals surface area contributed by atoms with Crippen LogP contribution < -0.4 is 0 Å². The van der Waals surface area contributed by atoms with Crippen molar-refractivity contribution < 1.29 is 0 Å². The van der Waals surface area contributed by atoms with E-state index in [9.17, 15) is 0 Å². The van der Waals surface area contributed by atoms with Crippen LogP contribution in [0.3, 0.4) is 0 Å². The van der Waals surface area contributed by atoms with Crippen LogP contribution in [0.2, 0.25) is 0 Å². The van der Waals surface area contributed by atoms with Crippen LogP contribution in [0.4, 0.5) is 0 Å². The van der Waals surface area contributed by atoms with Gasteiger partial charge < -0.3 is 0 Å². The van der Waals surface area contributed by atoms with E-state index in [1.54, 1.807) is 11.3 Å². The number of nitrogens with zero attached hydrogens (tertiary/aromatic N) is 1. The van der Waals surface area contributed by atoms with Crippen molar-refractivity contribution in [2.45, 2.75) is 32.6 Å². The number of fused-ring (bicyclic) bond motifs is 1. The van der Waals surface area contributed by atoms with Gasteiger partial charge in [0.25, 0.3) is 0 Å². The second kappa shape index (κ2) is 3.35. The minimum atomic E-state index is 0.185. The third kappa shape index (κ3) is 1.44. The van der Waals surface area contributed by atoms with Crippen LogP contribution in [-0.4, -0.2) is 4.98 Å². The van der Waals surface area contributed by atoms with Gasteiger partial charge in [-0.2, -0.15) is 0 Å².